The molecule has 3 N–H and O–H groups in total. The van der Waals surface area contributed by atoms with Crippen LogP contribution in [-0.4, -0.2) is 76.4 Å². The minimum atomic E-state index is -0.662. The third-order valence-electron chi connectivity index (χ3n) is 8.62. The van der Waals surface area contributed by atoms with Gasteiger partial charge >= 0.3 is 0 Å². The number of aromatic nitrogens is 1. The molecule has 2 amide bonds. The number of hydrogen-bond acceptors (Lipinski definition) is 6. The van der Waals surface area contributed by atoms with Crippen LogP contribution in [0.2, 0.25) is 0 Å². The normalized spacial score (nSPS) is 18.9. The molecule has 0 spiro atoms. The van der Waals surface area contributed by atoms with E-state index in [2.05, 4.69) is 14.8 Å². The molecule has 2 saturated heterocycles. The van der Waals surface area contributed by atoms with Crippen LogP contribution in [-0.2, 0) is 16.1 Å². The third-order valence-corrected chi connectivity index (χ3v) is 8.62. The van der Waals surface area contributed by atoms with E-state index in [1.54, 1.807) is 0 Å². The Balaban J connectivity index is 1.44. The lowest BCUT2D eigenvalue weighted by Gasteiger charge is -2.44. The maximum Gasteiger partial charge on any atom is 0.248 e. The number of H-pyrrole nitrogens is 1. The van der Waals surface area contributed by atoms with E-state index in [9.17, 15) is 9.59 Å². The van der Waals surface area contributed by atoms with Crippen molar-refractivity contribution >= 4 is 22.7 Å². The van der Waals surface area contributed by atoms with E-state index in [1.807, 2.05) is 61.7 Å². The molecular weight excluding hydrogens is 502 g/mol. The number of benzene rings is 2. The van der Waals surface area contributed by atoms with Crippen molar-refractivity contribution in [1.82, 2.24) is 19.7 Å². The van der Waals surface area contributed by atoms with Crippen LogP contribution in [0.15, 0.2) is 54.7 Å². The van der Waals surface area contributed by atoms with Gasteiger partial charge in [-0.25, -0.2) is 0 Å². The minimum absolute atomic E-state index is 0.145. The Hall–Kier alpha value is -3.20. The fourth-order valence-corrected chi connectivity index (χ4v) is 6.49. The molecule has 40 heavy (non-hydrogen) atoms. The van der Waals surface area contributed by atoms with E-state index in [0.29, 0.717) is 18.4 Å². The summed E-state index contributed by atoms with van der Waals surface area (Å²) in [6, 6.07) is 14.9. The molecule has 2 fully saturated rings. The van der Waals surface area contributed by atoms with Crippen LogP contribution in [0, 0.1) is 0 Å². The van der Waals surface area contributed by atoms with Gasteiger partial charge in [0.05, 0.1) is 19.2 Å². The number of para-hydroxylation sites is 2. The summed E-state index contributed by atoms with van der Waals surface area (Å²) in [5.74, 6) is 0.132. The lowest BCUT2D eigenvalue weighted by Crippen LogP contribution is -2.58. The van der Waals surface area contributed by atoms with Crippen molar-refractivity contribution in [1.29, 1.82) is 0 Å². The number of nitrogens with one attached hydrogen (secondary N) is 1. The second kappa shape index (κ2) is 13.0. The number of hydrogen-bond donors (Lipinski definition) is 2. The molecule has 214 valence electrons. The number of aromatic amines is 1. The van der Waals surface area contributed by atoms with Gasteiger partial charge in [0.1, 0.15) is 11.8 Å². The van der Waals surface area contributed by atoms with Gasteiger partial charge in [-0.1, -0.05) is 42.8 Å². The number of carbonyl (C=O) groups is 2. The quantitative estimate of drug-likeness (QED) is 0.412. The van der Waals surface area contributed by atoms with E-state index >= 15 is 0 Å². The number of imide groups is 1. The highest BCUT2D eigenvalue weighted by Crippen LogP contribution is 2.31. The molecule has 0 bridgehead atoms. The van der Waals surface area contributed by atoms with Crippen LogP contribution < -0.4 is 10.5 Å². The zero-order valence-electron chi connectivity index (χ0n) is 23.9. The predicted molar refractivity (Wildman–Crippen MR) is 158 cm³/mol. The van der Waals surface area contributed by atoms with E-state index in [0.717, 1.165) is 48.0 Å². The van der Waals surface area contributed by atoms with Crippen molar-refractivity contribution in [2.45, 2.75) is 70.6 Å². The Kier molecular flexibility index (Phi) is 9.19. The van der Waals surface area contributed by atoms with Gasteiger partial charge < -0.3 is 20.4 Å². The van der Waals surface area contributed by atoms with Crippen molar-refractivity contribution in [3.63, 3.8) is 0 Å². The van der Waals surface area contributed by atoms with Crippen LogP contribution in [0.3, 0.4) is 0 Å². The van der Waals surface area contributed by atoms with Crippen molar-refractivity contribution < 1.29 is 14.3 Å². The van der Waals surface area contributed by atoms with Crippen molar-refractivity contribution in [3.05, 3.63) is 65.9 Å². The summed E-state index contributed by atoms with van der Waals surface area (Å²) < 4.78 is 5.80. The summed E-state index contributed by atoms with van der Waals surface area (Å²) in [6.45, 7) is 7.91. The molecule has 2 atom stereocenters. The molecule has 3 aromatic rings. The fraction of sp³-hybridized carbons (Fsp3) is 0.500. The summed E-state index contributed by atoms with van der Waals surface area (Å²) in [4.78, 5) is 37.0. The summed E-state index contributed by atoms with van der Waals surface area (Å²) in [5.41, 5.74) is 9.69. The lowest BCUT2D eigenvalue weighted by molar-refractivity contribution is -0.149. The van der Waals surface area contributed by atoms with E-state index in [1.165, 1.54) is 44.2 Å². The Morgan fingerprint density at radius 1 is 1.02 bits per heavy atom. The molecule has 5 rings (SSSR count). The van der Waals surface area contributed by atoms with Gasteiger partial charge in [-0.05, 0) is 63.4 Å². The monoisotopic (exact) mass is 545 g/mol. The number of ether oxygens (including phenoxy) is 1. The first-order chi connectivity index (χ1) is 19.5. The van der Waals surface area contributed by atoms with Gasteiger partial charge in [0.2, 0.25) is 11.8 Å². The topological polar surface area (TPSA) is 94.9 Å². The van der Waals surface area contributed by atoms with Gasteiger partial charge in [0, 0.05) is 48.7 Å². The van der Waals surface area contributed by atoms with Crippen molar-refractivity contribution in [2.75, 3.05) is 32.8 Å². The predicted octanol–water partition coefficient (Wildman–Crippen LogP) is 4.46. The standard InChI is InChI=1S/C32H43N5O3/c1-3-40-29-14-8-5-11-24(29)22-37(23(2)38)32(39)31(30(33)27-21-34-28-13-7-6-12-26(27)28)36-19-15-25(16-20-36)35-17-9-4-10-18-35/h5-8,11-14,21,25,30-31,34H,3-4,9-10,15-20,22,33H2,1-2H3. The molecule has 0 aliphatic carbocycles. The lowest BCUT2D eigenvalue weighted by atomic mass is 9.93. The summed E-state index contributed by atoms with van der Waals surface area (Å²) >= 11 is 0. The molecule has 0 saturated carbocycles. The molecule has 8 nitrogen and oxygen atoms in total. The first-order valence-electron chi connectivity index (χ1n) is 14.8. The first kappa shape index (κ1) is 28.3. The van der Waals surface area contributed by atoms with E-state index < -0.39 is 12.1 Å². The van der Waals surface area contributed by atoms with E-state index in [4.69, 9.17) is 10.5 Å². The first-order valence-corrected chi connectivity index (χ1v) is 14.8. The maximum absolute atomic E-state index is 14.4. The number of carbonyl (C=O) groups excluding carboxylic acids is 2. The Bertz CT molecular complexity index is 1290. The summed E-state index contributed by atoms with van der Waals surface area (Å²) in [5, 5.41) is 1.01. The van der Waals surface area contributed by atoms with Gasteiger partial charge in [-0.2, -0.15) is 0 Å². The average molecular weight is 546 g/mol. The Labute approximate surface area is 237 Å². The smallest absolute Gasteiger partial charge is 0.248 e. The largest absolute Gasteiger partial charge is 0.494 e. The van der Waals surface area contributed by atoms with Gasteiger partial charge in [0.15, 0.2) is 0 Å². The fourth-order valence-electron chi connectivity index (χ4n) is 6.49. The van der Waals surface area contributed by atoms with Crippen LogP contribution in [0.1, 0.15) is 63.1 Å². The molecule has 2 aliphatic heterocycles. The maximum atomic E-state index is 14.4. The zero-order chi connectivity index (χ0) is 28.1. The number of piperidine rings is 2. The second-order valence-corrected chi connectivity index (χ2v) is 11.1. The van der Waals surface area contributed by atoms with Crippen LogP contribution in [0.4, 0.5) is 0 Å². The molecule has 2 unspecified atom stereocenters. The summed E-state index contributed by atoms with van der Waals surface area (Å²) in [7, 11) is 0. The summed E-state index contributed by atoms with van der Waals surface area (Å²) in [6.07, 6.45) is 7.76. The number of nitrogens with zero attached hydrogens (tertiary/aromatic N) is 3. The van der Waals surface area contributed by atoms with Crippen molar-refractivity contribution in [3.8, 4) is 5.75 Å². The number of fused-ring (bicyclic) bond motifs is 1. The molecule has 2 aromatic carbocycles. The SMILES string of the molecule is CCOc1ccccc1CN(C(C)=O)C(=O)C(C(N)c1c[nH]c2ccccc12)N1CCC(N2CCCCC2)CC1. The van der Waals surface area contributed by atoms with Gasteiger partial charge in [-0.3, -0.25) is 19.4 Å². The molecule has 3 heterocycles. The number of likely N-dealkylation sites (tertiary alicyclic amines) is 2. The highest BCUT2D eigenvalue weighted by molar-refractivity contribution is 5.98. The van der Waals surface area contributed by atoms with Crippen molar-refractivity contribution in [2.24, 2.45) is 5.73 Å². The Morgan fingerprint density at radius 2 is 1.73 bits per heavy atom. The molecular formula is C32H43N5O3. The van der Waals surface area contributed by atoms with Gasteiger partial charge in [0.25, 0.3) is 0 Å². The highest BCUT2D eigenvalue weighted by Gasteiger charge is 2.40. The molecule has 8 heteroatoms. The van der Waals surface area contributed by atoms with Crippen LogP contribution in [0.25, 0.3) is 10.9 Å². The Morgan fingerprint density at radius 3 is 2.45 bits per heavy atom. The molecule has 2 aliphatic rings. The number of amides is 2. The zero-order valence-corrected chi connectivity index (χ0v) is 23.9. The number of nitrogens with two attached hydrogens (primary N) is 1. The molecule has 0 radical (unpaired) electrons. The average Bonchev–Trinajstić information content (AvgIpc) is 3.42. The van der Waals surface area contributed by atoms with Crippen LogP contribution >= 0.6 is 0 Å². The second-order valence-electron chi connectivity index (χ2n) is 11.1. The number of rotatable bonds is 9. The third kappa shape index (κ3) is 6.09. The van der Waals surface area contributed by atoms with Gasteiger partial charge in [-0.15, -0.1) is 0 Å². The molecule has 1 aromatic heterocycles. The highest BCUT2D eigenvalue weighted by atomic mass is 16.5. The minimum Gasteiger partial charge on any atom is -0.494 e. The van der Waals surface area contributed by atoms with E-state index in [-0.39, 0.29) is 18.4 Å². The van der Waals surface area contributed by atoms with Crippen LogP contribution in [0.5, 0.6) is 5.75 Å².